The number of ketones is 1. The van der Waals surface area contributed by atoms with Gasteiger partial charge in [-0.1, -0.05) is 47.1 Å². The Hall–Kier alpha value is -2.67. The highest BCUT2D eigenvalue weighted by atomic mass is 32.3. The Bertz CT molecular complexity index is 2910. The highest BCUT2D eigenvalue weighted by molar-refractivity contribution is 8.15. The van der Waals surface area contributed by atoms with Crippen molar-refractivity contribution in [3.8, 4) is 0 Å². The first-order chi connectivity index (χ1) is 35.2. The molecule has 2 aliphatic heterocycles. The minimum absolute atomic E-state index is 0.0815. The Labute approximate surface area is 450 Å². The number of carbonyl (C=O) groups excluding carboxylic acids is 3. The second-order valence-electron chi connectivity index (χ2n) is 23.0. The van der Waals surface area contributed by atoms with Crippen LogP contribution in [0.1, 0.15) is 106 Å². The number of carbonyl (C=O) groups is 4. The van der Waals surface area contributed by atoms with E-state index in [2.05, 4.69) is 37.5 Å². The molecule has 36 heteroatoms. The first-order valence-electron chi connectivity index (χ1n) is 24.0. The predicted molar refractivity (Wildman–Crippen MR) is 241 cm³/mol. The molecule has 0 amide bonds. The molecular weight excluding hydrogens is 1160 g/mol. The predicted octanol–water partition coefficient (Wildman–Crippen LogP) is -1.67. The van der Waals surface area contributed by atoms with Gasteiger partial charge in [0.15, 0.2) is 30.6 Å². The van der Waals surface area contributed by atoms with Crippen LogP contribution in [0.5, 0.6) is 0 Å². The number of carboxylic acid groups (broad SMARTS) is 3. The highest BCUT2D eigenvalue weighted by Crippen LogP contribution is 2.75. The summed E-state index contributed by atoms with van der Waals surface area (Å²) in [6.07, 6.45) is -28.0. The van der Waals surface area contributed by atoms with Crippen LogP contribution in [-0.4, -0.2) is 162 Å². The molecule has 19 atom stereocenters. The van der Waals surface area contributed by atoms with E-state index in [1.54, 1.807) is 26.8 Å². The van der Waals surface area contributed by atoms with Crippen molar-refractivity contribution in [2.24, 2.45) is 50.2 Å². The second kappa shape index (κ2) is 20.6. The highest BCUT2D eigenvalue weighted by Gasteiger charge is 2.71. The normalized spacial score (nSPS) is 43.4. The molecule has 78 heavy (non-hydrogen) atoms. The molecule has 2 saturated heterocycles. The van der Waals surface area contributed by atoms with Gasteiger partial charge in [-0.3, -0.25) is 30.5 Å². The number of hydrogen-bond acceptors (Lipinski definition) is 30. The van der Waals surface area contributed by atoms with Gasteiger partial charge in [-0.15, -0.1) is 0 Å². The molecule has 3 N–H and O–H groups in total. The zero-order valence-electron chi connectivity index (χ0n) is 42.3. The van der Waals surface area contributed by atoms with Gasteiger partial charge in [-0.05, 0) is 110 Å². The Morgan fingerprint density at radius 2 is 1.06 bits per heavy atom. The molecule has 7 rings (SSSR count). The maximum Gasteiger partial charge on any atom is 0.309 e. The van der Waals surface area contributed by atoms with Gasteiger partial charge in [-0.25, -0.2) is 33.7 Å². The van der Waals surface area contributed by atoms with Crippen molar-refractivity contribution in [1.29, 1.82) is 0 Å². The van der Waals surface area contributed by atoms with Gasteiger partial charge >= 0.3 is 5.97 Å². The molecule has 448 valence electrons. The van der Waals surface area contributed by atoms with Crippen molar-refractivity contribution < 1.29 is 140 Å². The van der Waals surface area contributed by atoms with Crippen LogP contribution >= 0.6 is 11.2 Å². The molecule has 7 aliphatic rings. The molecule has 0 aromatic rings. The molecule has 3 unspecified atom stereocenters. The maximum atomic E-state index is 15.0. The number of aliphatic carboxylic acids is 3. The quantitative estimate of drug-likeness (QED) is 0.0833. The summed E-state index contributed by atoms with van der Waals surface area (Å²) in [7, 11) is -25.6. The fraction of sp³-hybridized carbons (Fsp3) is 0.857. The fourth-order valence-electron chi connectivity index (χ4n) is 14.5. The zero-order valence-corrected chi connectivity index (χ0v) is 46.4. The maximum absolute atomic E-state index is 15.0. The Kier molecular flexibility index (Phi) is 16.6. The van der Waals surface area contributed by atoms with E-state index in [-0.39, 0.29) is 30.0 Å². The second-order valence-corrected chi connectivity index (χ2v) is 28.1. The smallest absolute Gasteiger partial charge is 0.309 e. The summed E-state index contributed by atoms with van der Waals surface area (Å²) in [5.41, 5.74) is -3.68. The summed E-state index contributed by atoms with van der Waals surface area (Å²) in [6, 6.07) is 0. The van der Waals surface area contributed by atoms with Crippen LogP contribution in [0.3, 0.4) is 0 Å². The summed E-state index contributed by atoms with van der Waals surface area (Å²) in [5, 5.41) is 35.6. The number of hydrogen-bond donors (Lipinski definition) is 3. The van der Waals surface area contributed by atoms with Crippen LogP contribution in [0.15, 0.2) is 11.6 Å². The molecule has 4 saturated carbocycles. The van der Waals surface area contributed by atoms with E-state index >= 15 is 0 Å². The van der Waals surface area contributed by atoms with Crippen LogP contribution < -0.4 is 10.2 Å². The van der Waals surface area contributed by atoms with Crippen molar-refractivity contribution in [2.75, 3.05) is 0 Å². The molecule has 0 aromatic carbocycles. The average molecular weight is 1220 g/mol. The summed E-state index contributed by atoms with van der Waals surface area (Å²) >= 11 is -5.78. The number of allylic oxidation sites excluding steroid dienone is 2. The lowest BCUT2D eigenvalue weighted by molar-refractivity contribution is -0.381. The fourth-order valence-corrected chi connectivity index (χ4v) is 16.9. The standard InChI is InChI=1S/C42H64O31S5/c1-37(2)21-8-11-42(7)31(20(43)16-18-19-17-39(4,36(48)49)13-12-38(19,3)14-15-41(18,42)6)40(21,5)10-9-22(37)65-34-29(72-77(59,60)61)24(69-74(50,51)52)23(27(67-34)32(44)45)66-35-30(73-78(62,63)64)26(71-76(56,57)58)25(70-75(53,54)55)28(68-35)33(46)47/h16,19,21-31,34-35,59-61H,8-15,17H2,1-7H3,(H,44,45)(H,46,47)(H,48,49)(H,50,51,52)(H,53,54,55)(H,56,57,58)(H,62,63,64)/p-7/t19?,21?,22-,23-,24-,25-,26-,27-,28-,29+,30+,31?,34+,35+,38+,39-,40-,41+,42+/m0/s1. The van der Waals surface area contributed by atoms with E-state index < -0.39 is 177 Å². The van der Waals surface area contributed by atoms with Crippen molar-refractivity contribution in [2.45, 2.75) is 174 Å². The number of ether oxygens (including phenoxy) is 4. The van der Waals surface area contributed by atoms with Gasteiger partial charge in [0, 0.05) is 17.1 Å². The van der Waals surface area contributed by atoms with E-state index in [1.165, 1.54) is 0 Å². The lowest BCUT2D eigenvalue weighted by Crippen LogP contribution is -2.70. The van der Waals surface area contributed by atoms with E-state index in [9.17, 15) is 100 Å². The first kappa shape index (κ1) is 62.9. The molecular formula is C42H57O31S5-7. The third kappa shape index (κ3) is 12.1. The van der Waals surface area contributed by atoms with Gasteiger partial charge < -0.3 is 75.7 Å². The third-order valence-corrected chi connectivity index (χ3v) is 20.5. The minimum Gasteiger partial charge on any atom is -0.751 e. The first-order valence-corrected chi connectivity index (χ1v) is 30.7. The summed E-state index contributed by atoms with van der Waals surface area (Å²) in [6.45, 7) is 13.4. The Morgan fingerprint density at radius 1 is 0.603 bits per heavy atom. The molecule has 0 radical (unpaired) electrons. The van der Waals surface area contributed by atoms with Crippen LogP contribution in [0.2, 0.25) is 0 Å². The third-order valence-electron chi connectivity index (χ3n) is 18.2. The van der Waals surface area contributed by atoms with Crippen molar-refractivity contribution in [1.82, 2.24) is 0 Å². The monoisotopic (exact) mass is 1220 g/mol. The van der Waals surface area contributed by atoms with E-state index in [4.69, 9.17) is 23.1 Å². The van der Waals surface area contributed by atoms with Gasteiger partial charge in [0.05, 0.1) is 23.5 Å². The van der Waals surface area contributed by atoms with E-state index in [1.807, 2.05) is 6.92 Å². The van der Waals surface area contributed by atoms with E-state index in [0.717, 1.165) is 12.0 Å². The topological polar surface area (TPSA) is 510 Å². The van der Waals surface area contributed by atoms with Crippen LogP contribution in [0.25, 0.3) is 0 Å². The SMILES string of the molecule is CC1(C)C2CC[C@]3(C)C(C(=O)C=C4C5C[C@@](C)(C(=O)O)CC[C@]5(C)CC[C@]43C)[C@@]2(C)CC[C@@H]1O[C@@H]1O[C@H](C(=O)[O-])[C@@H](O[C@@H]2O[C@H](C(=O)[O-])[C@@H](OS(=O)(=O)[O-])[C@H](OS(=O)(=O)[O-])[C@H]2OS(=O)(=O)[O-])[C@H](OS(=O)(=O)[O-])[C@H]1OS([O-])(O)O. The zero-order chi connectivity index (χ0) is 58.9. The van der Waals surface area contributed by atoms with Gasteiger partial charge in [0.1, 0.15) is 36.6 Å². The summed E-state index contributed by atoms with van der Waals surface area (Å²) in [5.74, 6) is -7.81. The number of carboxylic acids is 3. The molecule has 0 bridgehead atoms. The molecule has 2 heterocycles. The van der Waals surface area contributed by atoms with Crippen LogP contribution in [0, 0.1) is 50.2 Å². The number of rotatable bonds is 17. The lowest BCUT2D eigenvalue weighted by Gasteiger charge is -2.70. The van der Waals surface area contributed by atoms with Crippen molar-refractivity contribution in [3.05, 3.63) is 11.6 Å². The van der Waals surface area contributed by atoms with Gasteiger partial charge in [-0.2, -0.15) is 0 Å². The van der Waals surface area contributed by atoms with Gasteiger partial charge in [0.25, 0.3) is 0 Å². The van der Waals surface area contributed by atoms with Crippen molar-refractivity contribution >= 4 is 76.4 Å². The van der Waals surface area contributed by atoms with Crippen LogP contribution in [0.4, 0.5) is 0 Å². The van der Waals surface area contributed by atoms with Crippen LogP contribution in [-0.2, 0) is 101 Å². The Balaban J connectivity index is 1.26. The molecule has 0 aromatic heterocycles. The minimum atomic E-state index is -6.44. The Morgan fingerprint density at radius 3 is 1.56 bits per heavy atom. The largest absolute Gasteiger partial charge is 0.751 e. The number of fused-ring (bicyclic) bond motifs is 7. The average Bonchev–Trinajstić information content (AvgIpc) is 3.24. The molecule has 31 nitrogen and oxygen atoms in total. The van der Waals surface area contributed by atoms with Gasteiger partial charge in [0.2, 0.25) is 41.6 Å². The summed E-state index contributed by atoms with van der Waals surface area (Å²) in [4.78, 5) is 52.9. The summed E-state index contributed by atoms with van der Waals surface area (Å²) < 4.78 is 220. The van der Waals surface area contributed by atoms with Crippen molar-refractivity contribution in [3.63, 3.8) is 0 Å². The lowest BCUT2D eigenvalue weighted by atomic mass is 9.33. The van der Waals surface area contributed by atoms with E-state index in [0.29, 0.717) is 38.5 Å². The molecule has 5 aliphatic carbocycles. The molecule has 6 fully saturated rings. The molecule has 0 spiro atoms.